The lowest BCUT2D eigenvalue weighted by Gasteiger charge is -2.43. The third kappa shape index (κ3) is 2.99. The lowest BCUT2D eigenvalue weighted by atomic mass is 9.80. The van der Waals surface area contributed by atoms with Crippen LogP contribution >= 0.6 is 0 Å². The molecule has 2 atom stereocenters. The average molecular weight is 240 g/mol. The second-order valence-electron chi connectivity index (χ2n) is 5.75. The maximum atomic E-state index is 11.1. The molecule has 98 valence electrons. The molecular formula is C13H24N2O2. The van der Waals surface area contributed by atoms with Crippen LogP contribution in [0.3, 0.4) is 0 Å². The Morgan fingerprint density at radius 2 is 1.76 bits per heavy atom. The van der Waals surface area contributed by atoms with Crippen molar-refractivity contribution in [1.82, 2.24) is 9.80 Å². The molecule has 4 heteroatoms. The molecule has 0 aromatic rings. The molecule has 17 heavy (non-hydrogen) atoms. The quantitative estimate of drug-likeness (QED) is 0.785. The highest BCUT2D eigenvalue weighted by molar-refractivity contribution is 5.70. The molecule has 4 nitrogen and oxygen atoms in total. The Hall–Kier alpha value is -0.610. The van der Waals surface area contributed by atoms with Crippen molar-refractivity contribution in [3.63, 3.8) is 0 Å². The first-order valence-corrected chi connectivity index (χ1v) is 6.69. The third-order valence-electron chi connectivity index (χ3n) is 4.58. The van der Waals surface area contributed by atoms with E-state index in [9.17, 15) is 4.79 Å². The van der Waals surface area contributed by atoms with Crippen LogP contribution < -0.4 is 0 Å². The number of carboxylic acids is 1. The van der Waals surface area contributed by atoms with Crippen LogP contribution in [0.4, 0.5) is 0 Å². The molecule has 0 spiro atoms. The fourth-order valence-electron chi connectivity index (χ4n) is 3.30. The maximum absolute atomic E-state index is 11.1. The van der Waals surface area contributed by atoms with Crippen molar-refractivity contribution in [3.05, 3.63) is 0 Å². The van der Waals surface area contributed by atoms with Crippen molar-refractivity contribution in [2.45, 2.75) is 31.7 Å². The van der Waals surface area contributed by atoms with Gasteiger partial charge in [0.1, 0.15) is 0 Å². The third-order valence-corrected chi connectivity index (χ3v) is 4.58. The summed E-state index contributed by atoms with van der Waals surface area (Å²) < 4.78 is 0. The van der Waals surface area contributed by atoms with Gasteiger partial charge in [0.2, 0.25) is 0 Å². The van der Waals surface area contributed by atoms with Gasteiger partial charge in [0.25, 0.3) is 0 Å². The molecule has 0 bridgehead atoms. The second kappa shape index (κ2) is 5.36. The molecule has 0 saturated carbocycles. The summed E-state index contributed by atoms with van der Waals surface area (Å²) in [4.78, 5) is 15.9. The van der Waals surface area contributed by atoms with Crippen molar-refractivity contribution in [3.8, 4) is 0 Å². The van der Waals surface area contributed by atoms with Crippen LogP contribution in [-0.2, 0) is 4.79 Å². The van der Waals surface area contributed by atoms with E-state index >= 15 is 0 Å². The van der Waals surface area contributed by atoms with E-state index in [1.165, 1.54) is 12.8 Å². The molecule has 2 heterocycles. The molecule has 2 fully saturated rings. The molecule has 2 unspecified atom stereocenters. The Labute approximate surface area is 104 Å². The highest BCUT2D eigenvalue weighted by atomic mass is 16.4. The zero-order valence-electron chi connectivity index (χ0n) is 10.9. The molecule has 0 aromatic carbocycles. The van der Waals surface area contributed by atoms with Crippen LogP contribution in [0.1, 0.15) is 25.7 Å². The monoisotopic (exact) mass is 240 g/mol. The number of piperidine rings is 2. The van der Waals surface area contributed by atoms with Crippen LogP contribution in [0.15, 0.2) is 0 Å². The molecule has 2 saturated heterocycles. The van der Waals surface area contributed by atoms with Gasteiger partial charge < -0.3 is 14.9 Å². The molecule has 2 aliphatic rings. The van der Waals surface area contributed by atoms with E-state index in [0.29, 0.717) is 12.0 Å². The van der Waals surface area contributed by atoms with E-state index in [4.69, 9.17) is 5.11 Å². The van der Waals surface area contributed by atoms with Crippen LogP contribution in [0.2, 0.25) is 0 Å². The van der Waals surface area contributed by atoms with E-state index < -0.39 is 5.97 Å². The average Bonchev–Trinajstić information content (AvgIpc) is 2.31. The minimum absolute atomic E-state index is 0.115. The summed E-state index contributed by atoms with van der Waals surface area (Å²) in [6, 6.07) is 0.485. The summed E-state index contributed by atoms with van der Waals surface area (Å²) >= 11 is 0. The van der Waals surface area contributed by atoms with E-state index in [-0.39, 0.29) is 5.92 Å². The number of nitrogens with zero attached hydrogens (tertiary/aromatic N) is 2. The number of aliphatic carboxylic acids is 1. The Bertz CT molecular complexity index is 275. The highest BCUT2D eigenvalue weighted by Gasteiger charge is 2.35. The van der Waals surface area contributed by atoms with Gasteiger partial charge in [0, 0.05) is 6.04 Å². The fourth-order valence-corrected chi connectivity index (χ4v) is 3.30. The first kappa shape index (κ1) is 12.8. The topological polar surface area (TPSA) is 43.8 Å². The SMILES string of the molecule is CN1CCC(C2CC(C(=O)O)CCN2C)CC1. The Balaban J connectivity index is 1.95. The molecule has 1 N–H and O–H groups in total. The van der Waals surface area contributed by atoms with Crippen LogP contribution in [-0.4, -0.2) is 60.6 Å². The van der Waals surface area contributed by atoms with Gasteiger partial charge in [-0.05, 0) is 65.3 Å². The zero-order valence-corrected chi connectivity index (χ0v) is 10.9. The summed E-state index contributed by atoms with van der Waals surface area (Å²) in [5, 5.41) is 9.16. The molecular weight excluding hydrogens is 216 g/mol. The first-order chi connectivity index (χ1) is 8.08. The van der Waals surface area contributed by atoms with E-state index in [0.717, 1.165) is 32.5 Å². The summed E-state index contributed by atoms with van der Waals surface area (Å²) in [7, 11) is 4.32. The summed E-state index contributed by atoms with van der Waals surface area (Å²) in [6.07, 6.45) is 4.10. The number of likely N-dealkylation sites (tertiary alicyclic amines) is 2. The number of rotatable bonds is 2. The van der Waals surface area contributed by atoms with Gasteiger partial charge >= 0.3 is 5.97 Å². The van der Waals surface area contributed by atoms with Crippen LogP contribution in [0, 0.1) is 11.8 Å². The van der Waals surface area contributed by atoms with Crippen molar-refractivity contribution in [2.24, 2.45) is 11.8 Å². The number of carbonyl (C=O) groups is 1. The minimum Gasteiger partial charge on any atom is -0.481 e. The first-order valence-electron chi connectivity index (χ1n) is 6.69. The van der Waals surface area contributed by atoms with E-state index in [1.54, 1.807) is 0 Å². The molecule has 0 aromatic heterocycles. The maximum Gasteiger partial charge on any atom is 0.306 e. The van der Waals surface area contributed by atoms with E-state index in [1.807, 2.05) is 0 Å². The van der Waals surface area contributed by atoms with Gasteiger partial charge in [-0.1, -0.05) is 0 Å². The molecule has 2 rings (SSSR count). The van der Waals surface area contributed by atoms with Crippen LogP contribution in [0.5, 0.6) is 0 Å². The smallest absolute Gasteiger partial charge is 0.306 e. The lowest BCUT2D eigenvalue weighted by molar-refractivity contribution is -0.144. The zero-order chi connectivity index (χ0) is 12.4. The number of hydrogen-bond donors (Lipinski definition) is 1. The van der Waals surface area contributed by atoms with E-state index in [2.05, 4.69) is 23.9 Å². The number of carboxylic acid groups (broad SMARTS) is 1. The van der Waals surface area contributed by atoms with Gasteiger partial charge in [-0.3, -0.25) is 4.79 Å². The van der Waals surface area contributed by atoms with Gasteiger partial charge in [-0.2, -0.15) is 0 Å². The summed E-state index contributed by atoms with van der Waals surface area (Å²) in [5.41, 5.74) is 0. The standard InChI is InChI=1S/C13H24N2O2/c1-14-6-3-10(4-7-14)12-9-11(13(16)17)5-8-15(12)2/h10-12H,3-9H2,1-2H3,(H,16,17). The van der Waals surface area contributed by atoms with Crippen molar-refractivity contribution in [1.29, 1.82) is 0 Å². The summed E-state index contributed by atoms with van der Waals surface area (Å²) in [6.45, 7) is 3.26. The highest BCUT2D eigenvalue weighted by Crippen LogP contribution is 2.31. The van der Waals surface area contributed by atoms with Crippen molar-refractivity contribution >= 4 is 5.97 Å². The Kier molecular flexibility index (Phi) is 4.05. The lowest BCUT2D eigenvalue weighted by Crippen LogP contribution is -2.48. The van der Waals surface area contributed by atoms with Gasteiger partial charge in [0.15, 0.2) is 0 Å². The number of hydrogen-bond acceptors (Lipinski definition) is 3. The predicted molar refractivity (Wildman–Crippen MR) is 67.0 cm³/mol. The minimum atomic E-state index is -0.601. The second-order valence-corrected chi connectivity index (χ2v) is 5.75. The predicted octanol–water partition coefficient (Wildman–Crippen LogP) is 1.12. The van der Waals surface area contributed by atoms with Crippen molar-refractivity contribution in [2.75, 3.05) is 33.7 Å². The van der Waals surface area contributed by atoms with Gasteiger partial charge in [-0.25, -0.2) is 0 Å². The Morgan fingerprint density at radius 1 is 1.12 bits per heavy atom. The van der Waals surface area contributed by atoms with Crippen molar-refractivity contribution < 1.29 is 9.90 Å². The van der Waals surface area contributed by atoms with Gasteiger partial charge in [0.05, 0.1) is 5.92 Å². The molecule has 0 radical (unpaired) electrons. The molecule has 2 aliphatic heterocycles. The Morgan fingerprint density at radius 3 is 2.35 bits per heavy atom. The molecule has 0 aliphatic carbocycles. The summed E-state index contributed by atoms with van der Waals surface area (Å²) in [5.74, 6) is -0.0229. The van der Waals surface area contributed by atoms with Gasteiger partial charge in [-0.15, -0.1) is 0 Å². The fraction of sp³-hybridized carbons (Fsp3) is 0.923. The molecule has 0 amide bonds. The normalized spacial score (nSPS) is 33.8. The largest absolute Gasteiger partial charge is 0.481 e. The van der Waals surface area contributed by atoms with Crippen LogP contribution in [0.25, 0.3) is 0 Å².